The van der Waals surface area contributed by atoms with Crippen molar-refractivity contribution in [3.63, 3.8) is 0 Å². The van der Waals surface area contributed by atoms with Crippen LogP contribution in [0.15, 0.2) is 9.42 Å². The van der Waals surface area contributed by atoms with Crippen molar-refractivity contribution in [1.82, 2.24) is 9.46 Å². The number of sulfonamides is 1. The first kappa shape index (κ1) is 14.0. The third-order valence-electron chi connectivity index (χ3n) is 3.44. The second kappa shape index (κ2) is 4.61. The molecule has 7 nitrogen and oxygen atoms in total. The van der Waals surface area contributed by atoms with Gasteiger partial charge in [0.05, 0.1) is 0 Å². The highest BCUT2D eigenvalue weighted by Gasteiger charge is 2.45. The second-order valence-electron chi connectivity index (χ2n) is 4.82. The lowest BCUT2D eigenvalue weighted by molar-refractivity contribution is -0.141. The van der Waals surface area contributed by atoms with Crippen LogP contribution in [-0.2, 0) is 14.8 Å². The maximum Gasteiger partial charge on any atom is 0.322 e. The zero-order valence-electron chi connectivity index (χ0n) is 11.0. The smallest absolute Gasteiger partial charge is 0.322 e. The van der Waals surface area contributed by atoms with E-state index in [1.165, 1.54) is 13.8 Å². The van der Waals surface area contributed by atoms with Gasteiger partial charge in [-0.05, 0) is 26.2 Å². The van der Waals surface area contributed by atoms with Crippen molar-refractivity contribution in [2.45, 2.75) is 38.1 Å². The van der Waals surface area contributed by atoms with Crippen molar-refractivity contribution in [2.75, 3.05) is 6.54 Å². The average molecular weight is 288 g/mol. The first-order valence-corrected chi connectivity index (χ1v) is 7.38. The molecule has 1 aliphatic heterocycles. The number of aliphatic carboxylic acids is 1. The Bertz CT molecular complexity index is 587. The number of hydrogen-bond donors (Lipinski definition) is 1. The van der Waals surface area contributed by atoms with Gasteiger partial charge in [0.25, 0.3) is 0 Å². The molecule has 0 aromatic carbocycles. The number of aryl methyl sites for hydroxylation is 2. The van der Waals surface area contributed by atoms with Gasteiger partial charge in [0.2, 0.25) is 10.0 Å². The fourth-order valence-corrected chi connectivity index (χ4v) is 4.50. The summed E-state index contributed by atoms with van der Waals surface area (Å²) in [4.78, 5) is 11.2. The normalized spacial score (nSPS) is 24.8. The Kier molecular flexibility index (Phi) is 3.40. The number of aromatic nitrogens is 1. The summed E-state index contributed by atoms with van der Waals surface area (Å²) in [5.41, 5.74) is 0.251. The molecule has 2 atom stereocenters. The van der Waals surface area contributed by atoms with Gasteiger partial charge in [-0.3, -0.25) is 4.79 Å². The monoisotopic (exact) mass is 288 g/mol. The van der Waals surface area contributed by atoms with Gasteiger partial charge >= 0.3 is 5.97 Å². The molecule has 2 unspecified atom stereocenters. The van der Waals surface area contributed by atoms with E-state index in [4.69, 9.17) is 4.52 Å². The topological polar surface area (TPSA) is 101 Å². The highest BCUT2D eigenvalue weighted by Crippen LogP contribution is 2.32. The molecule has 2 rings (SSSR count). The Balaban J connectivity index is 2.49. The van der Waals surface area contributed by atoms with Crippen LogP contribution in [0, 0.1) is 19.8 Å². The molecule has 1 N–H and O–H groups in total. The van der Waals surface area contributed by atoms with E-state index in [-0.39, 0.29) is 28.8 Å². The van der Waals surface area contributed by atoms with Crippen LogP contribution in [0.3, 0.4) is 0 Å². The molecule has 0 amide bonds. The molecule has 0 bridgehead atoms. The first-order valence-electron chi connectivity index (χ1n) is 5.94. The van der Waals surface area contributed by atoms with Gasteiger partial charge in [-0.1, -0.05) is 12.1 Å². The van der Waals surface area contributed by atoms with Crippen molar-refractivity contribution in [3.8, 4) is 0 Å². The summed E-state index contributed by atoms with van der Waals surface area (Å²) in [5, 5.41) is 12.8. The number of carboxylic acid groups (broad SMARTS) is 1. The van der Waals surface area contributed by atoms with Gasteiger partial charge in [-0.15, -0.1) is 0 Å². The zero-order chi connectivity index (χ0) is 14.4. The lowest BCUT2D eigenvalue weighted by Gasteiger charge is -2.22. The predicted molar refractivity (Wildman–Crippen MR) is 65.1 cm³/mol. The maximum absolute atomic E-state index is 12.6. The van der Waals surface area contributed by atoms with Crippen LogP contribution in [0.2, 0.25) is 0 Å². The summed E-state index contributed by atoms with van der Waals surface area (Å²) < 4.78 is 31.0. The summed E-state index contributed by atoms with van der Waals surface area (Å²) in [6, 6.07) is -1.03. The van der Waals surface area contributed by atoms with E-state index < -0.39 is 22.0 Å². The molecule has 2 heterocycles. The fourth-order valence-electron chi connectivity index (χ4n) is 2.51. The molecule has 0 aliphatic carbocycles. The van der Waals surface area contributed by atoms with Gasteiger partial charge in [-0.25, -0.2) is 8.42 Å². The fraction of sp³-hybridized carbons (Fsp3) is 0.636. The molecular formula is C11H16N2O5S. The molecule has 1 aromatic rings. The standard InChI is InChI=1S/C11H16N2O5S/c1-6-4-5-13(9(6)11(14)15)19(16,17)10-7(2)12-18-8(10)3/h6,9H,4-5H2,1-3H3,(H,14,15). The molecular weight excluding hydrogens is 272 g/mol. The number of nitrogens with zero attached hydrogens (tertiary/aromatic N) is 2. The van der Waals surface area contributed by atoms with E-state index in [9.17, 15) is 18.3 Å². The van der Waals surface area contributed by atoms with E-state index in [2.05, 4.69) is 5.16 Å². The van der Waals surface area contributed by atoms with Crippen LogP contribution in [0.5, 0.6) is 0 Å². The quantitative estimate of drug-likeness (QED) is 0.881. The van der Waals surface area contributed by atoms with Crippen molar-refractivity contribution >= 4 is 16.0 Å². The summed E-state index contributed by atoms with van der Waals surface area (Å²) in [6.45, 7) is 4.97. The summed E-state index contributed by atoms with van der Waals surface area (Å²) >= 11 is 0. The van der Waals surface area contributed by atoms with Gasteiger partial charge in [-0.2, -0.15) is 4.31 Å². The van der Waals surface area contributed by atoms with Gasteiger partial charge in [0, 0.05) is 6.54 Å². The third-order valence-corrected chi connectivity index (χ3v) is 5.57. The van der Waals surface area contributed by atoms with Crippen molar-refractivity contribution in [2.24, 2.45) is 5.92 Å². The molecule has 1 aromatic heterocycles. The highest BCUT2D eigenvalue weighted by molar-refractivity contribution is 7.89. The van der Waals surface area contributed by atoms with E-state index >= 15 is 0 Å². The van der Waals surface area contributed by atoms with Gasteiger partial charge in [0.15, 0.2) is 5.76 Å². The summed E-state index contributed by atoms with van der Waals surface area (Å²) in [7, 11) is -3.89. The van der Waals surface area contributed by atoms with Crippen LogP contribution < -0.4 is 0 Å². The maximum atomic E-state index is 12.6. The van der Waals surface area contributed by atoms with Crippen molar-refractivity contribution < 1.29 is 22.8 Å². The number of hydrogen-bond acceptors (Lipinski definition) is 5. The first-order chi connectivity index (χ1) is 8.76. The lowest BCUT2D eigenvalue weighted by atomic mass is 10.0. The molecule has 1 aliphatic rings. The third kappa shape index (κ3) is 2.14. The van der Waals surface area contributed by atoms with Gasteiger partial charge in [0.1, 0.15) is 16.6 Å². The van der Waals surface area contributed by atoms with Crippen molar-refractivity contribution in [1.29, 1.82) is 0 Å². The SMILES string of the molecule is Cc1noc(C)c1S(=O)(=O)N1CCC(C)C1C(=O)O. The van der Waals surface area contributed by atoms with Gasteiger partial charge < -0.3 is 9.63 Å². The molecule has 0 spiro atoms. The number of carboxylic acids is 1. The van der Waals surface area contributed by atoms with Crippen LogP contribution in [0.1, 0.15) is 24.8 Å². The van der Waals surface area contributed by atoms with Crippen molar-refractivity contribution in [3.05, 3.63) is 11.5 Å². The number of rotatable bonds is 3. The van der Waals surface area contributed by atoms with E-state index in [1.54, 1.807) is 6.92 Å². The molecule has 106 valence electrons. The van der Waals surface area contributed by atoms with Crippen LogP contribution in [0.4, 0.5) is 0 Å². The van der Waals surface area contributed by atoms with Crippen LogP contribution >= 0.6 is 0 Å². The Morgan fingerprint density at radius 3 is 2.58 bits per heavy atom. The van der Waals surface area contributed by atoms with E-state index in [1.807, 2.05) is 0 Å². The molecule has 1 saturated heterocycles. The summed E-state index contributed by atoms with van der Waals surface area (Å²) in [5.74, 6) is -1.16. The largest absolute Gasteiger partial charge is 0.480 e. The lowest BCUT2D eigenvalue weighted by Crippen LogP contribution is -2.42. The Morgan fingerprint density at radius 1 is 1.47 bits per heavy atom. The van der Waals surface area contributed by atoms with Crippen LogP contribution in [0.25, 0.3) is 0 Å². The van der Waals surface area contributed by atoms with E-state index in [0.717, 1.165) is 4.31 Å². The highest BCUT2D eigenvalue weighted by atomic mass is 32.2. The van der Waals surface area contributed by atoms with E-state index in [0.29, 0.717) is 6.42 Å². The Morgan fingerprint density at radius 2 is 2.11 bits per heavy atom. The predicted octanol–water partition coefficient (Wildman–Crippen LogP) is 0.775. The molecule has 8 heteroatoms. The minimum Gasteiger partial charge on any atom is -0.480 e. The average Bonchev–Trinajstić information content (AvgIpc) is 2.82. The minimum absolute atomic E-state index is 0.0205. The Hall–Kier alpha value is -1.41. The number of carbonyl (C=O) groups is 1. The molecule has 1 fully saturated rings. The van der Waals surface area contributed by atoms with Crippen LogP contribution in [-0.4, -0.2) is 41.5 Å². The summed E-state index contributed by atoms with van der Waals surface area (Å²) in [6.07, 6.45) is 0.527. The minimum atomic E-state index is -3.89. The molecule has 0 saturated carbocycles. The molecule has 0 radical (unpaired) electrons. The Labute approximate surface area is 111 Å². The molecule has 19 heavy (non-hydrogen) atoms. The second-order valence-corrected chi connectivity index (χ2v) is 6.65. The zero-order valence-corrected chi connectivity index (χ0v) is 11.8.